The van der Waals surface area contributed by atoms with E-state index in [4.69, 9.17) is 52.8 Å². The number of hydrogen-bond acceptors (Lipinski definition) is 22. The molecule has 0 bridgehead atoms. The molecule has 1 saturated heterocycles. The highest BCUT2D eigenvalue weighted by atomic mass is 35.5. The molecule has 5 aromatic carbocycles. The molecule has 87 heavy (non-hydrogen) atoms. The van der Waals surface area contributed by atoms with Crippen molar-refractivity contribution in [2.75, 3.05) is 85.8 Å². The molecule has 1 aliphatic rings. The maximum Gasteiger partial charge on any atom is 0.144 e. The predicted octanol–water partition coefficient (Wildman–Crippen LogP) is 10.2. The fraction of sp³-hybridized carbons (Fsp3) is 0.200. The Morgan fingerprint density at radius 3 is 1.76 bits per heavy atom. The zero-order chi connectivity index (χ0) is 60.7. The van der Waals surface area contributed by atoms with E-state index in [1.807, 2.05) is 73.3 Å². The third kappa shape index (κ3) is 17.5. The molecule has 0 aliphatic carbocycles. The zero-order valence-electron chi connectivity index (χ0n) is 47.4. The molecule has 10 aromatic rings. The highest BCUT2D eigenvalue weighted by Crippen LogP contribution is 2.31. The minimum atomic E-state index is -0.315. The van der Waals surface area contributed by atoms with Crippen LogP contribution in [-0.4, -0.2) is 121 Å². The lowest BCUT2D eigenvalue weighted by molar-refractivity contribution is 0.0214. The highest BCUT2D eigenvalue weighted by molar-refractivity contribution is 6.32. The van der Waals surface area contributed by atoms with Gasteiger partial charge in [-0.15, -0.1) is 0 Å². The lowest BCUT2D eigenvalue weighted by Crippen LogP contribution is -2.38. The van der Waals surface area contributed by atoms with Crippen LogP contribution in [0, 0.1) is 11.6 Å². The van der Waals surface area contributed by atoms with Gasteiger partial charge in [0.1, 0.15) is 97.7 Å². The average molecular weight is 1200 g/mol. The third-order valence-electron chi connectivity index (χ3n) is 12.8. The number of nitrogens with two attached hydrogens (primary N) is 3. The van der Waals surface area contributed by atoms with Crippen molar-refractivity contribution in [1.29, 1.82) is 0 Å². The largest absolute Gasteiger partial charge is 0.487 e. The number of nitrogen functional groups attached to an aromatic ring is 3. The number of fused-ring (bicyclic) bond motifs is 2. The maximum atomic E-state index is 13.5. The van der Waals surface area contributed by atoms with Gasteiger partial charge >= 0.3 is 0 Å². The van der Waals surface area contributed by atoms with Gasteiger partial charge in [0.05, 0.1) is 71.8 Å². The van der Waals surface area contributed by atoms with Crippen LogP contribution in [0.1, 0.15) is 41.7 Å². The van der Waals surface area contributed by atoms with Gasteiger partial charge in [-0.25, -0.2) is 38.7 Å². The molecule has 0 saturated carbocycles. The van der Waals surface area contributed by atoms with Gasteiger partial charge < -0.3 is 62.1 Å². The van der Waals surface area contributed by atoms with Crippen LogP contribution in [0.15, 0.2) is 156 Å². The van der Waals surface area contributed by atoms with E-state index in [9.17, 15) is 8.78 Å². The van der Waals surface area contributed by atoms with Gasteiger partial charge in [-0.1, -0.05) is 51.3 Å². The summed E-state index contributed by atoms with van der Waals surface area (Å²) in [5.41, 5.74) is 25.4. The Kier molecular flexibility index (Phi) is 21.6. The molecule has 0 amide bonds. The molecule has 1 fully saturated rings. The number of morpholine rings is 1. The van der Waals surface area contributed by atoms with Crippen molar-refractivity contribution in [2.45, 2.75) is 27.0 Å². The van der Waals surface area contributed by atoms with Gasteiger partial charge in [0, 0.05) is 59.2 Å². The van der Waals surface area contributed by atoms with Crippen molar-refractivity contribution >= 4 is 104 Å². The first-order valence-electron chi connectivity index (χ1n) is 27.3. The molecule has 0 unspecified atom stereocenters. The number of anilines is 9. The summed E-state index contributed by atoms with van der Waals surface area (Å²) in [6, 6.07) is 31.7. The predicted molar refractivity (Wildman–Crippen MR) is 334 cm³/mol. The maximum absolute atomic E-state index is 13.5. The summed E-state index contributed by atoms with van der Waals surface area (Å²) >= 11 is 6.32. The van der Waals surface area contributed by atoms with Crippen molar-refractivity contribution < 1.29 is 32.8 Å². The summed E-state index contributed by atoms with van der Waals surface area (Å²) in [6.45, 7) is 9.79. The summed E-state index contributed by atoms with van der Waals surface area (Å²) in [5, 5.41) is 28.2. The Balaban J connectivity index is 0.000000160. The monoisotopic (exact) mass is 1200 g/mol. The Labute approximate surface area is 503 Å². The summed E-state index contributed by atoms with van der Waals surface area (Å²) in [6.07, 6.45) is 12.3. The summed E-state index contributed by atoms with van der Waals surface area (Å²) < 4.78 is 39.7. The smallest absolute Gasteiger partial charge is 0.144 e. The number of oxime groups is 3. The van der Waals surface area contributed by atoms with E-state index in [0.29, 0.717) is 88.4 Å². The van der Waals surface area contributed by atoms with Gasteiger partial charge in [-0.2, -0.15) is 5.10 Å². The molecule has 6 heterocycles. The Bertz CT molecular complexity index is 3980. The third-order valence-corrected chi connectivity index (χ3v) is 13.1. The average Bonchev–Trinajstić information content (AvgIpc) is 3.45. The van der Waals surface area contributed by atoms with Crippen molar-refractivity contribution in [3.63, 3.8) is 0 Å². The van der Waals surface area contributed by atoms with E-state index in [0.717, 1.165) is 71.6 Å². The number of nitrogens with zero attached hydrogens (tertiary/aromatic N) is 12. The van der Waals surface area contributed by atoms with E-state index < -0.39 is 0 Å². The van der Waals surface area contributed by atoms with Crippen molar-refractivity contribution in [3.8, 4) is 5.75 Å². The number of hydrogen-bond donors (Lipinski definition) is 7. The molecule has 0 spiro atoms. The quantitative estimate of drug-likeness (QED) is 0.0188. The van der Waals surface area contributed by atoms with Gasteiger partial charge in [-0.05, 0) is 110 Å². The fourth-order valence-electron chi connectivity index (χ4n) is 8.50. The Hall–Kier alpha value is -10.6. The molecule has 10 N–H and O–H groups in total. The lowest BCUT2D eigenvalue weighted by Gasteiger charge is -2.25. The number of aromatic amines is 1. The second kappa shape index (κ2) is 30.8. The normalized spacial score (nSPS) is 12.4. The molecular formula is C60H62ClF2N19O5. The number of benzene rings is 5. The summed E-state index contributed by atoms with van der Waals surface area (Å²) in [4.78, 5) is 45.5. The highest BCUT2D eigenvalue weighted by Gasteiger charge is 2.15. The molecule has 27 heteroatoms. The molecule has 11 rings (SSSR count). The molecule has 5 aromatic heterocycles. The van der Waals surface area contributed by atoms with Gasteiger partial charge in [-0.3, -0.25) is 9.58 Å². The number of halogens is 3. The van der Waals surface area contributed by atoms with Crippen LogP contribution in [-0.2, 0) is 32.4 Å². The Morgan fingerprint density at radius 2 is 1.17 bits per heavy atom. The Morgan fingerprint density at radius 1 is 0.632 bits per heavy atom. The number of H-pyrrole nitrogens is 1. The van der Waals surface area contributed by atoms with Crippen LogP contribution in [0.4, 0.5) is 60.8 Å². The minimum absolute atomic E-state index is 0.199. The van der Waals surface area contributed by atoms with E-state index >= 15 is 0 Å². The van der Waals surface area contributed by atoms with E-state index in [-0.39, 0.29) is 29.9 Å². The van der Waals surface area contributed by atoms with Crippen molar-refractivity contribution in [1.82, 2.24) is 49.6 Å². The summed E-state index contributed by atoms with van der Waals surface area (Å²) in [5.74, 6) is 2.31. The number of nitrogens with one attached hydrogen (secondary N) is 4. The first-order chi connectivity index (χ1) is 42.5. The lowest BCUT2D eigenvalue weighted by atomic mass is 10.2. The van der Waals surface area contributed by atoms with Crippen LogP contribution in [0.5, 0.6) is 5.75 Å². The van der Waals surface area contributed by atoms with Crippen molar-refractivity contribution in [2.24, 2.45) is 15.5 Å². The van der Waals surface area contributed by atoms with E-state index in [1.54, 1.807) is 42.6 Å². The molecule has 0 radical (unpaired) electrons. The van der Waals surface area contributed by atoms with Gasteiger partial charge in [0.15, 0.2) is 0 Å². The van der Waals surface area contributed by atoms with Crippen LogP contribution in [0.25, 0.3) is 21.8 Å². The van der Waals surface area contributed by atoms with E-state index in [2.05, 4.69) is 76.3 Å². The van der Waals surface area contributed by atoms with Crippen LogP contribution < -0.4 is 37.9 Å². The van der Waals surface area contributed by atoms with Crippen molar-refractivity contribution in [3.05, 3.63) is 185 Å². The first-order valence-corrected chi connectivity index (χ1v) is 27.7. The number of aromatic nitrogens is 9. The molecule has 0 atom stereocenters. The number of rotatable bonds is 22. The van der Waals surface area contributed by atoms with Crippen LogP contribution in [0.2, 0.25) is 5.02 Å². The van der Waals surface area contributed by atoms with E-state index in [1.165, 1.54) is 61.9 Å². The summed E-state index contributed by atoms with van der Waals surface area (Å²) in [7, 11) is 0. The van der Waals surface area contributed by atoms with Gasteiger partial charge in [0.25, 0.3) is 0 Å². The SMILES string of the molecule is CCO/N=C/c1c(N)ncnc1Nc1ccc(OCc2cccc(F)c2)c(Cl)c1.CCO/N=C/c1c(N)ncnc1Nc1ccc2[nH]ccc2c1.Nc1ncnc(Nc2ccc3c(cnn3Cc3cccc(F)c3)c2)c1/C=N/OCCN1CCOCC1. The first kappa shape index (κ1) is 61.0. The molecular weight excluding hydrogens is 1140 g/mol. The zero-order valence-corrected chi connectivity index (χ0v) is 48.1. The topological polar surface area (TPSA) is 312 Å². The molecule has 24 nitrogen and oxygen atoms in total. The fourth-order valence-corrected chi connectivity index (χ4v) is 8.73. The van der Waals surface area contributed by atoms with Crippen LogP contribution in [0.3, 0.4) is 0 Å². The molecule has 1 aliphatic heterocycles. The minimum Gasteiger partial charge on any atom is -0.487 e. The standard InChI is InChI=1S/C25H27FN8O2.C20H19ClFN5O2.C15H16N6O/c26-20-3-1-2-18(12-20)16-34-23-5-4-21(13-19(23)14-30-34)32-25-22(24(27)28-17-29-25)15-31-36-11-8-33-6-9-35-10-7-33;1-2-29-26-10-16-19(23)24-12-25-20(16)27-15-6-7-18(17(21)9-15)28-11-13-4-3-5-14(22)8-13;1-2-22-20-8-12-14(16)18-9-19-15(12)21-11-3-4-13-10(7-11)5-6-17-13/h1-5,12-15,17H,6-11,16H2,(H3,27,28,29,32);3-10,12H,2,11H2,1H3,(H3,23,24,25,27);3-9,17H,2H2,1H3,(H3,16,18,19,21)/b31-15+;26-10+;20-8+. The second-order valence-corrected chi connectivity index (χ2v) is 19.2. The molecule has 448 valence electrons. The number of ether oxygens (including phenoxy) is 2. The second-order valence-electron chi connectivity index (χ2n) is 18.8. The van der Waals surface area contributed by atoms with Crippen LogP contribution >= 0.6 is 11.6 Å². The van der Waals surface area contributed by atoms with Gasteiger partial charge in [0.2, 0.25) is 0 Å².